The van der Waals surface area contributed by atoms with Gasteiger partial charge in [0.25, 0.3) is 0 Å². The van der Waals surface area contributed by atoms with Gasteiger partial charge in [0, 0.05) is 35.5 Å². The SMILES string of the molecule is O=C(O)C[C@@H](c1cnc(=O)[nH]c1)n1ccc(CCCc2ccc3c(n2)CCCC3)n1. The van der Waals surface area contributed by atoms with E-state index in [0.29, 0.717) is 5.56 Å². The molecule has 0 radical (unpaired) electrons. The number of H-pyrrole nitrogens is 1. The lowest BCUT2D eigenvalue weighted by Gasteiger charge is -2.15. The Morgan fingerprint density at radius 2 is 2.00 bits per heavy atom. The van der Waals surface area contributed by atoms with Crippen LogP contribution in [0.2, 0.25) is 0 Å². The minimum absolute atomic E-state index is 0.145. The maximum Gasteiger partial charge on any atom is 0.344 e. The number of aryl methyl sites for hydroxylation is 4. The van der Waals surface area contributed by atoms with E-state index in [1.54, 1.807) is 10.9 Å². The quantitative estimate of drug-likeness (QED) is 0.593. The number of carbonyl (C=O) groups is 1. The zero-order chi connectivity index (χ0) is 20.9. The van der Waals surface area contributed by atoms with Crippen LogP contribution in [0.3, 0.4) is 0 Å². The largest absolute Gasteiger partial charge is 0.481 e. The number of carboxylic acid groups (broad SMARTS) is 1. The Bertz CT molecular complexity index is 1070. The van der Waals surface area contributed by atoms with Crippen LogP contribution < -0.4 is 5.69 Å². The van der Waals surface area contributed by atoms with Gasteiger partial charge in [0.15, 0.2) is 0 Å². The van der Waals surface area contributed by atoms with E-state index in [4.69, 9.17) is 4.98 Å². The molecule has 1 aliphatic carbocycles. The molecule has 3 aromatic heterocycles. The van der Waals surface area contributed by atoms with E-state index in [1.165, 1.54) is 36.5 Å². The van der Waals surface area contributed by atoms with Crippen LogP contribution in [-0.4, -0.2) is 35.8 Å². The Morgan fingerprint density at radius 1 is 1.17 bits per heavy atom. The Kier molecular flexibility index (Phi) is 6.02. The summed E-state index contributed by atoms with van der Waals surface area (Å²) in [6.45, 7) is 0. The van der Waals surface area contributed by atoms with Crippen LogP contribution >= 0.6 is 0 Å². The van der Waals surface area contributed by atoms with Crippen LogP contribution in [0.15, 0.2) is 41.6 Å². The van der Waals surface area contributed by atoms with Gasteiger partial charge in [-0.1, -0.05) is 6.07 Å². The number of aromatic amines is 1. The number of hydrogen-bond acceptors (Lipinski definition) is 5. The lowest BCUT2D eigenvalue weighted by atomic mass is 9.95. The number of hydrogen-bond donors (Lipinski definition) is 2. The Hall–Kier alpha value is -3.29. The molecule has 30 heavy (non-hydrogen) atoms. The number of nitrogens with zero attached hydrogens (tertiary/aromatic N) is 4. The summed E-state index contributed by atoms with van der Waals surface area (Å²) in [6.07, 6.45) is 11.8. The predicted molar refractivity (Wildman–Crippen MR) is 110 cm³/mol. The molecule has 0 unspecified atom stereocenters. The van der Waals surface area contributed by atoms with Gasteiger partial charge in [-0.3, -0.25) is 14.5 Å². The first-order valence-electron chi connectivity index (χ1n) is 10.4. The highest BCUT2D eigenvalue weighted by Gasteiger charge is 2.19. The highest BCUT2D eigenvalue weighted by Crippen LogP contribution is 2.22. The van der Waals surface area contributed by atoms with Gasteiger partial charge in [-0.25, -0.2) is 9.78 Å². The first-order valence-corrected chi connectivity index (χ1v) is 10.4. The van der Waals surface area contributed by atoms with Crippen LogP contribution in [0, 0.1) is 0 Å². The number of aromatic nitrogens is 5. The lowest BCUT2D eigenvalue weighted by molar-refractivity contribution is -0.137. The Balaban J connectivity index is 1.40. The third-order valence-corrected chi connectivity index (χ3v) is 5.53. The number of nitrogens with one attached hydrogen (secondary N) is 1. The molecule has 0 aromatic carbocycles. The number of pyridine rings is 1. The van der Waals surface area contributed by atoms with Crippen molar-refractivity contribution < 1.29 is 9.90 Å². The van der Waals surface area contributed by atoms with Gasteiger partial charge >= 0.3 is 11.7 Å². The minimum Gasteiger partial charge on any atom is -0.481 e. The summed E-state index contributed by atoms with van der Waals surface area (Å²) in [4.78, 5) is 33.6. The zero-order valence-corrected chi connectivity index (χ0v) is 16.8. The number of aliphatic carboxylic acids is 1. The maximum atomic E-state index is 11.3. The number of carboxylic acids is 1. The highest BCUT2D eigenvalue weighted by atomic mass is 16.4. The molecule has 1 atom stereocenters. The van der Waals surface area contributed by atoms with E-state index < -0.39 is 17.7 Å². The van der Waals surface area contributed by atoms with Crippen molar-refractivity contribution in [3.05, 3.63) is 75.5 Å². The third-order valence-electron chi connectivity index (χ3n) is 5.53. The van der Waals surface area contributed by atoms with Crippen molar-refractivity contribution in [3.63, 3.8) is 0 Å². The van der Waals surface area contributed by atoms with E-state index in [9.17, 15) is 14.7 Å². The topological polar surface area (TPSA) is 114 Å². The molecule has 8 heteroatoms. The molecule has 0 amide bonds. The van der Waals surface area contributed by atoms with Crippen molar-refractivity contribution in [3.8, 4) is 0 Å². The van der Waals surface area contributed by atoms with Crippen molar-refractivity contribution in [1.29, 1.82) is 0 Å². The van der Waals surface area contributed by atoms with Gasteiger partial charge < -0.3 is 10.1 Å². The van der Waals surface area contributed by atoms with Gasteiger partial charge in [-0.15, -0.1) is 0 Å². The summed E-state index contributed by atoms with van der Waals surface area (Å²) in [5.74, 6) is -0.943. The average Bonchev–Trinajstić information content (AvgIpc) is 3.21. The van der Waals surface area contributed by atoms with E-state index in [-0.39, 0.29) is 6.42 Å². The maximum absolute atomic E-state index is 11.3. The first kappa shape index (κ1) is 20.0. The smallest absolute Gasteiger partial charge is 0.344 e. The predicted octanol–water partition coefficient (Wildman–Crippen LogP) is 2.48. The van der Waals surface area contributed by atoms with Crippen molar-refractivity contribution >= 4 is 5.97 Å². The molecule has 156 valence electrons. The summed E-state index contributed by atoms with van der Waals surface area (Å²) < 4.78 is 1.63. The average molecular weight is 407 g/mol. The Labute approximate surface area is 174 Å². The zero-order valence-electron chi connectivity index (χ0n) is 16.8. The second-order valence-electron chi connectivity index (χ2n) is 7.72. The highest BCUT2D eigenvalue weighted by molar-refractivity contribution is 5.67. The normalized spacial score (nSPS) is 14.3. The van der Waals surface area contributed by atoms with E-state index in [1.807, 2.05) is 6.07 Å². The van der Waals surface area contributed by atoms with Crippen LogP contribution in [0.5, 0.6) is 0 Å². The van der Waals surface area contributed by atoms with Crippen molar-refractivity contribution in [1.82, 2.24) is 24.7 Å². The van der Waals surface area contributed by atoms with Crippen LogP contribution in [-0.2, 0) is 30.5 Å². The molecule has 0 aliphatic heterocycles. The fraction of sp³-hybridized carbons (Fsp3) is 0.409. The van der Waals surface area contributed by atoms with Crippen LogP contribution in [0.1, 0.15) is 59.9 Å². The summed E-state index contributed by atoms with van der Waals surface area (Å²) >= 11 is 0. The minimum atomic E-state index is -0.943. The van der Waals surface area contributed by atoms with E-state index in [2.05, 4.69) is 27.2 Å². The molecule has 0 bridgehead atoms. The van der Waals surface area contributed by atoms with Gasteiger partial charge in [0.2, 0.25) is 0 Å². The van der Waals surface area contributed by atoms with Crippen molar-refractivity contribution in [2.75, 3.05) is 0 Å². The molecular weight excluding hydrogens is 382 g/mol. The fourth-order valence-corrected chi connectivity index (χ4v) is 3.97. The second-order valence-corrected chi connectivity index (χ2v) is 7.72. The summed E-state index contributed by atoms with van der Waals surface area (Å²) in [5, 5.41) is 13.9. The monoisotopic (exact) mass is 407 g/mol. The molecular formula is C22H25N5O3. The van der Waals surface area contributed by atoms with Crippen molar-refractivity contribution in [2.24, 2.45) is 0 Å². The Morgan fingerprint density at radius 3 is 2.80 bits per heavy atom. The first-order chi connectivity index (χ1) is 14.6. The molecule has 0 fully saturated rings. The molecule has 3 aromatic rings. The van der Waals surface area contributed by atoms with E-state index in [0.717, 1.165) is 43.5 Å². The summed E-state index contributed by atoms with van der Waals surface area (Å²) in [6, 6.07) is 5.74. The second kappa shape index (κ2) is 9.02. The standard InChI is InChI=1S/C22H25N5O3/c28-21(29)12-20(16-13-23-22(30)24-14-16)27-11-10-18(26-27)6-3-5-17-9-8-15-4-1-2-7-19(15)25-17/h8-11,13-14,20H,1-7,12H2,(H,28,29)(H,23,24,30)/t20-/m0/s1. The molecule has 0 spiro atoms. The molecule has 0 saturated heterocycles. The van der Waals surface area contributed by atoms with Gasteiger partial charge in [0.05, 0.1) is 18.2 Å². The fourth-order valence-electron chi connectivity index (χ4n) is 3.97. The molecule has 2 N–H and O–H groups in total. The van der Waals surface area contributed by atoms with Gasteiger partial charge in [0.1, 0.15) is 0 Å². The molecule has 8 nitrogen and oxygen atoms in total. The van der Waals surface area contributed by atoms with Gasteiger partial charge in [-0.2, -0.15) is 5.10 Å². The number of rotatable bonds is 8. The van der Waals surface area contributed by atoms with Gasteiger partial charge in [-0.05, 0) is 62.6 Å². The lowest BCUT2D eigenvalue weighted by Crippen LogP contribution is -2.19. The van der Waals surface area contributed by atoms with Crippen LogP contribution in [0.4, 0.5) is 0 Å². The van der Waals surface area contributed by atoms with Crippen molar-refractivity contribution in [2.45, 2.75) is 57.4 Å². The van der Waals surface area contributed by atoms with E-state index >= 15 is 0 Å². The molecule has 0 saturated carbocycles. The molecule has 3 heterocycles. The van der Waals surface area contributed by atoms with Crippen LogP contribution in [0.25, 0.3) is 0 Å². The summed E-state index contributed by atoms with van der Waals surface area (Å²) in [7, 11) is 0. The number of fused-ring (bicyclic) bond motifs is 1. The summed E-state index contributed by atoms with van der Waals surface area (Å²) in [5.41, 5.74) is 4.81. The molecule has 1 aliphatic rings. The molecule has 4 rings (SSSR count). The third kappa shape index (κ3) is 4.82.